The normalized spacial score (nSPS) is 19.4. The highest BCUT2D eigenvalue weighted by Gasteiger charge is 2.28. The third kappa shape index (κ3) is 2.59. The predicted molar refractivity (Wildman–Crippen MR) is 75.4 cm³/mol. The van der Waals surface area contributed by atoms with Crippen molar-refractivity contribution in [2.75, 3.05) is 18.1 Å². The molecule has 1 fully saturated rings. The number of rotatable bonds is 4. The summed E-state index contributed by atoms with van der Waals surface area (Å²) in [5.74, 6) is 1.10. The van der Waals surface area contributed by atoms with E-state index in [4.69, 9.17) is 0 Å². The van der Waals surface area contributed by atoms with E-state index in [1.165, 1.54) is 49.8 Å². The van der Waals surface area contributed by atoms with Crippen LogP contribution in [0.4, 0.5) is 5.82 Å². The van der Waals surface area contributed by atoms with Crippen LogP contribution >= 0.6 is 0 Å². The van der Waals surface area contributed by atoms with Gasteiger partial charge in [0.15, 0.2) is 0 Å². The first-order valence-electron chi connectivity index (χ1n) is 7.60. The molecule has 0 aliphatic heterocycles. The average molecular weight is 261 g/mol. The minimum absolute atomic E-state index is 0.204. The highest BCUT2D eigenvalue weighted by molar-refractivity contribution is 5.50. The summed E-state index contributed by atoms with van der Waals surface area (Å²) in [7, 11) is 0. The maximum Gasteiger partial charge on any atom is 0.135 e. The molecule has 1 N–H and O–H groups in total. The maximum absolute atomic E-state index is 9.34. The van der Waals surface area contributed by atoms with Crippen LogP contribution in [0.25, 0.3) is 0 Å². The maximum atomic E-state index is 9.34. The van der Waals surface area contributed by atoms with E-state index in [0.29, 0.717) is 12.6 Å². The summed E-state index contributed by atoms with van der Waals surface area (Å²) in [4.78, 5) is 11.4. The Balaban J connectivity index is 1.93. The van der Waals surface area contributed by atoms with Gasteiger partial charge in [-0.3, -0.25) is 0 Å². The van der Waals surface area contributed by atoms with Gasteiger partial charge in [0, 0.05) is 23.8 Å². The molecule has 4 nitrogen and oxygen atoms in total. The molecule has 3 rings (SSSR count). The van der Waals surface area contributed by atoms with Crippen LogP contribution in [0.3, 0.4) is 0 Å². The van der Waals surface area contributed by atoms with Gasteiger partial charge in [0.2, 0.25) is 0 Å². The largest absolute Gasteiger partial charge is 0.395 e. The van der Waals surface area contributed by atoms with Crippen molar-refractivity contribution in [2.24, 2.45) is 0 Å². The molecule has 2 aliphatic carbocycles. The Bertz CT molecular complexity index is 431. The monoisotopic (exact) mass is 261 g/mol. The summed E-state index contributed by atoms with van der Waals surface area (Å²) in [6.45, 7) is 0.906. The van der Waals surface area contributed by atoms with Crippen molar-refractivity contribution in [1.29, 1.82) is 0 Å². The molecule has 0 amide bonds. The van der Waals surface area contributed by atoms with Gasteiger partial charge in [-0.05, 0) is 44.9 Å². The Kier molecular flexibility index (Phi) is 3.97. The molecule has 1 heterocycles. The number of hydrogen-bond acceptors (Lipinski definition) is 4. The Morgan fingerprint density at radius 1 is 1.11 bits per heavy atom. The molecule has 104 valence electrons. The van der Waals surface area contributed by atoms with Crippen LogP contribution in [-0.4, -0.2) is 34.3 Å². The molecule has 1 saturated carbocycles. The first-order valence-corrected chi connectivity index (χ1v) is 7.60. The molecule has 0 radical (unpaired) electrons. The Morgan fingerprint density at radius 2 is 1.95 bits per heavy atom. The van der Waals surface area contributed by atoms with Crippen molar-refractivity contribution in [3.63, 3.8) is 0 Å². The van der Waals surface area contributed by atoms with Crippen molar-refractivity contribution < 1.29 is 5.11 Å². The minimum Gasteiger partial charge on any atom is -0.395 e. The van der Waals surface area contributed by atoms with Gasteiger partial charge in [-0.2, -0.15) is 0 Å². The van der Waals surface area contributed by atoms with Gasteiger partial charge in [-0.15, -0.1) is 0 Å². The van der Waals surface area contributed by atoms with Crippen LogP contribution in [0.1, 0.15) is 49.8 Å². The van der Waals surface area contributed by atoms with Crippen LogP contribution in [0.5, 0.6) is 0 Å². The van der Waals surface area contributed by atoms with Crippen molar-refractivity contribution in [2.45, 2.75) is 57.4 Å². The molecule has 0 unspecified atom stereocenters. The summed E-state index contributed by atoms with van der Waals surface area (Å²) in [6, 6.07) is 0.578. The second kappa shape index (κ2) is 5.87. The fourth-order valence-electron chi connectivity index (χ4n) is 3.20. The first kappa shape index (κ1) is 12.9. The SMILES string of the molecule is OCCN(c1ncnc2c1CCCCC2)C1CCC1. The molecule has 2 aliphatic rings. The van der Waals surface area contributed by atoms with Gasteiger partial charge in [0.1, 0.15) is 12.1 Å². The van der Waals surface area contributed by atoms with E-state index < -0.39 is 0 Å². The Morgan fingerprint density at radius 3 is 2.68 bits per heavy atom. The fraction of sp³-hybridized carbons (Fsp3) is 0.733. The lowest BCUT2D eigenvalue weighted by Crippen LogP contribution is -2.43. The van der Waals surface area contributed by atoms with Crippen molar-refractivity contribution >= 4 is 5.82 Å². The molecule has 1 aromatic rings. The highest BCUT2D eigenvalue weighted by Crippen LogP contribution is 2.32. The second-order valence-corrected chi connectivity index (χ2v) is 5.68. The first-order chi connectivity index (χ1) is 9.40. The lowest BCUT2D eigenvalue weighted by atomic mass is 9.91. The summed E-state index contributed by atoms with van der Waals surface area (Å²) in [5.41, 5.74) is 2.59. The van der Waals surface area contributed by atoms with E-state index in [0.717, 1.165) is 18.7 Å². The van der Waals surface area contributed by atoms with E-state index in [9.17, 15) is 5.11 Å². The van der Waals surface area contributed by atoms with Crippen LogP contribution in [-0.2, 0) is 12.8 Å². The van der Waals surface area contributed by atoms with Gasteiger partial charge in [-0.1, -0.05) is 6.42 Å². The van der Waals surface area contributed by atoms with Crippen molar-refractivity contribution in [3.05, 3.63) is 17.6 Å². The van der Waals surface area contributed by atoms with Crippen LogP contribution in [0, 0.1) is 0 Å². The zero-order valence-electron chi connectivity index (χ0n) is 11.5. The van der Waals surface area contributed by atoms with E-state index in [1.54, 1.807) is 6.33 Å². The van der Waals surface area contributed by atoms with Gasteiger partial charge in [0.05, 0.1) is 6.61 Å². The quantitative estimate of drug-likeness (QED) is 0.843. The van der Waals surface area contributed by atoms with E-state index in [-0.39, 0.29) is 6.61 Å². The predicted octanol–water partition coefficient (Wildman–Crippen LogP) is 2.10. The molecular weight excluding hydrogens is 238 g/mol. The number of aliphatic hydroxyl groups is 1. The van der Waals surface area contributed by atoms with Gasteiger partial charge in [0.25, 0.3) is 0 Å². The number of aliphatic hydroxyl groups excluding tert-OH is 1. The fourth-order valence-corrected chi connectivity index (χ4v) is 3.20. The third-order valence-corrected chi connectivity index (χ3v) is 4.48. The van der Waals surface area contributed by atoms with Crippen LogP contribution < -0.4 is 4.90 Å². The average Bonchev–Trinajstić information content (AvgIpc) is 2.61. The van der Waals surface area contributed by atoms with E-state index in [2.05, 4.69) is 14.9 Å². The molecule has 0 atom stereocenters. The molecule has 0 bridgehead atoms. The molecule has 4 heteroatoms. The number of hydrogen-bond donors (Lipinski definition) is 1. The number of fused-ring (bicyclic) bond motifs is 1. The minimum atomic E-state index is 0.204. The van der Waals surface area contributed by atoms with Crippen molar-refractivity contribution in [1.82, 2.24) is 9.97 Å². The van der Waals surface area contributed by atoms with Crippen LogP contribution in [0.2, 0.25) is 0 Å². The summed E-state index contributed by atoms with van der Waals surface area (Å²) in [6.07, 6.45) is 11.4. The summed E-state index contributed by atoms with van der Waals surface area (Å²) >= 11 is 0. The topological polar surface area (TPSA) is 49.2 Å². The number of nitrogens with zero attached hydrogens (tertiary/aromatic N) is 3. The Hall–Kier alpha value is -1.16. The molecule has 19 heavy (non-hydrogen) atoms. The smallest absolute Gasteiger partial charge is 0.135 e. The Labute approximate surface area is 114 Å². The zero-order chi connectivity index (χ0) is 13.1. The molecular formula is C15H23N3O. The lowest BCUT2D eigenvalue weighted by molar-refractivity contribution is 0.282. The van der Waals surface area contributed by atoms with E-state index >= 15 is 0 Å². The number of aromatic nitrogens is 2. The van der Waals surface area contributed by atoms with Gasteiger partial charge in [-0.25, -0.2) is 9.97 Å². The van der Waals surface area contributed by atoms with Crippen molar-refractivity contribution in [3.8, 4) is 0 Å². The van der Waals surface area contributed by atoms with Gasteiger partial charge < -0.3 is 10.0 Å². The highest BCUT2D eigenvalue weighted by atomic mass is 16.3. The molecule has 1 aromatic heterocycles. The number of anilines is 1. The summed E-state index contributed by atoms with van der Waals surface area (Å²) < 4.78 is 0. The molecule has 0 saturated heterocycles. The second-order valence-electron chi connectivity index (χ2n) is 5.68. The zero-order valence-corrected chi connectivity index (χ0v) is 11.5. The summed E-state index contributed by atoms with van der Waals surface area (Å²) in [5, 5.41) is 9.34. The molecule has 0 spiro atoms. The third-order valence-electron chi connectivity index (χ3n) is 4.48. The molecule has 0 aromatic carbocycles. The van der Waals surface area contributed by atoms with E-state index in [1.807, 2.05) is 0 Å². The van der Waals surface area contributed by atoms with Crippen LogP contribution in [0.15, 0.2) is 6.33 Å². The number of aryl methyl sites for hydroxylation is 1. The standard InChI is InChI=1S/C15H23N3O/c19-10-9-18(12-5-4-6-12)15-13-7-2-1-3-8-14(13)16-11-17-15/h11-12,19H,1-10H2. The lowest BCUT2D eigenvalue weighted by Gasteiger charge is -2.39. The van der Waals surface area contributed by atoms with Gasteiger partial charge >= 0.3 is 0 Å².